The van der Waals surface area contributed by atoms with Crippen LogP contribution in [-0.2, 0) is 28.3 Å². The van der Waals surface area contributed by atoms with Crippen molar-refractivity contribution >= 4 is 46.8 Å². The van der Waals surface area contributed by atoms with Crippen LogP contribution < -0.4 is 5.32 Å². The van der Waals surface area contributed by atoms with Gasteiger partial charge in [0.15, 0.2) is 0 Å². The Morgan fingerprint density at radius 1 is 0.909 bits per heavy atom. The van der Waals surface area contributed by atoms with Crippen molar-refractivity contribution in [3.05, 3.63) is 106 Å². The van der Waals surface area contributed by atoms with Crippen LogP contribution in [0.15, 0.2) is 78.9 Å². The van der Waals surface area contributed by atoms with Gasteiger partial charge < -0.3 is 10.2 Å². The van der Waals surface area contributed by atoms with Crippen LogP contribution in [-0.4, -0.2) is 35.6 Å². The molecule has 0 aliphatic rings. The number of thioether (sulfide) groups is 1. The molecule has 0 spiro atoms. The van der Waals surface area contributed by atoms with Crippen molar-refractivity contribution in [1.82, 2.24) is 10.2 Å². The van der Waals surface area contributed by atoms with Gasteiger partial charge in [-0.15, -0.1) is 11.8 Å². The molecular weight excluding hydrogens is 475 g/mol. The van der Waals surface area contributed by atoms with Crippen molar-refractivity contribution < 1.29 is 9.59 Å². The van der Waals surface area contributed by atoms with Crippen LogP contribution in [0.25, 0.3) is 0 Å². The molecule has 33 heavy (non-hydrogen) atoms. The van der Waals surface area contributed by atoms with E-state index in [4.69, 9.17) is 23.2 Å². The van der Waals surface area contributed by atoms with Crippen molar-refractivity contribution in [3.8, 4) is 0 Å². The lowest BCUT2D eigenvalue weighted by Crippen LogP contribution is -2.50. The van der Waals surface area contributed by atoms with E-state index in [-0.39, 0.29) is 17.6 Å². The summed E-state index contributed by atoms with van der Waals surface area (Å²) in [5.74, 6) is 0.550. The average Bonchev–Trinajstić information content (AvgIpc) is 2.83. The highest BCUT2D eigenvalue weighted by atomic mass is 35.5. The first-order chi connectivity index (χ1) is 16.0. The topological polar surface area (TPSA) is 49.4 Å². The summed E-state index contributed by atoms with van der Waals surface area (Å²) >= 11 is 13.8. The smallest absolute Gasteiger partial charge is 0.242 e. The Hall–Kier alpha value is -2.47. The summed E-state index contributed by atoms with van der Waals surface area (Å²) < 4.78 is 0. The van der Waals surface area contributed by atoms with Crippen LogP contribution >= 0.6 is 35.0 Å². The first-order valence-electron chi connectivity index (χ1n) is 10.6. The fourth-order valence-corrected chi connectivity index (χ4v) is 4.78. The zero-order valence-electron chi connectivity index (χ0n) is 18.3. The number of rotatable bonds is 10. The van der Waals surface area contributed by atoms with Crippen LogP contribution in [0.4, 0.5) is 0 Å². The molecule has 0 aliphatic carbocycles. The molecule has 0 aliphatic heterocycles. The number of likely N-dealkylation sites (N-methyl/N-ethyl adjacent to an activating group) is 1. The second kappa shape index (κ2) is 12.7. The van der Waals surface area contributed by atoms with E-state index in [0.29, 0.717) is 28.8 Å². The van der Waals surface area contributed by atoms with E-state index in [1.165, 1.54) is 11.8 Å². The van der Waals surface area contributed by atoms with Gasteiger partial charge in [-0.3, -0.25) is 9.59 Å². The molecule has 0 fully saturated rings. The van der Waals surface area contributed by atoms with Gasteiger partial charge in [0.1, 0.15) is 6.04 Å². The van der Waals surface area contributed by atoms with Gasteiger partial charge in [-0.1, -0.05) is 83.9 Å². The molecule has 3 aromatic rings. The van der Waals surface area contributed by atoms with E-state index in [9.17, 15) is 9.59 Å². The van der Waals surface area contributed by atoms with E-state index >= 15 is 0 Å². The highest BCUT2D eigenvalue weighted by molar-refractivity contribution is 7.99. The Morgan fingerprint density at radius 3 is 2.24 bits per heavy atom. The Kier molecular flexibility index (Phi) is 9.67. The molecule has 0 unspecified atom stereocenters. The minimum absolute atomic E-state index is 0.105. The van der Waals surface area contributed by atoms with E-state index in [1.54, 1.807) is 24.1 Å². The molecule has 0 saturated heterocycles. The maximum Gasteiger partial charge on any atom is 0.242 e. The molecule has 2 amide bonds. The Morgan fingerprint density at radius 2 is 1.58 bits per heavy atom. The first-order valence-corrected chi connectivity index (χ1v) is 12.5. The van der Waals surface area contributed by atoms with E-state index in [1.807, 2.05) is 66.7 Å². The van der Waals surface area contributed by atoms with E-state index < -0.39 is 6.04 Å². The largest absolute Gasteiger partial charge is 0.357 e. The second-order valence-electron chi connectivity index (χ2n) is 7.55. The Balaban J connectivity index is 1.80. The quantitative estimate of drug-likeness (QED) is 0.393. The lowest BCUT2D eigenvalue weighted by molar-refractivity contribution is -0.139. The summed E-state index contributed by atoms with van der Waals surface area (Å²) in [5.41, 5.74) is 2.88. The zero-order chi connectivity index (χ0) is 23.6. The Labute approximate surface area is 209 Å². The fraction of sp³-hybridized carbons (Fsp3) is 0.231. The van der Waals surface area contributed by atoms with Gasteiger partial charge >= 0.3 is 0 Å². The number of carbonyl (C=O) groups is 2. The predicted molar refractivity (Wildman–Crippen MR) is 138 cm³/mol. The monoisotopic (exact) mass is 500 g/mol. The number of nitrogens with zero attached hydrogens (tertiary/aromatic N) is 1. The van der Waals surface area contributed by atoms with Crippen molar-refractivity contribution in [2.75, 3.05) is 12.8 Å². The SMILES string of the molecule is CNC(=O)[C@@H](Cc1ccccc1)N(Cc1ccc(Cl)cc1)C(=O)CSCc1ccccc1Cl. The summed E-state index contributed by atoms with van der Waals surface area (Å²) in [5, 5.41) is 4.03. The summed E-state index contributed by atoms with van der Waals surface area (Å²) in [6, 6.07) is 24.0. The number of amides is 2. The van der Waals surface area contributed by atoms with Crippen LogP contribution in [0.3, 0.4) is 0 Å². The van der Waals surface area contributed by atoms with Crippen molar-refractivity contribution in [2.24, 2.45) is 0 Å². The number of carbonyl (C=O) groups excluding carboxylic acids is 2. The third-order valence-electron chi connectivity index (χ3n) is 5.22. The van der Waals surface area contributed by atoms with Gasteiger partial charge in [-0.25, -0.2) is 0 Å². The summed E-state index contributed by atoms with van der Waals surface area (Å²) in [7, 11) is 1.59. The lowest BCUT2D eigenvalue weighted by Gasteiger charge is -2.31. The number of hydrogen-bond acceptors (Lipinski definition) is 3. The average molecular weight is 501 g/mol. The van der Waals surface area contributed by atoms with Crippen LogP contribution in [0.1, 0.15) is 16.7 Å². The van der Waals surface area contributed by atoms with Gasteiger partial charge in [-0.05, 0) is 34.9 Å². The molecule has 4 nitrogen and oxygen atoms in total. The van der Waals surface area contributed by atoms with E-state index in [0.717, 1.165) is 16.7 Å². The minimum Gasteiger partial charge on any atom is -0.357 e. The van der Waals surface area contributed by atoms with Crippen LogP contribution in [0, 0.1) is 0 Å². The molecule has 3 aromatic carbocycles. The fourth-order valence-electron chi connectivity index (χ4n) is 3.45. The van der Waals surface area contributed by atoms with Crippen molar-refractivity contribution in [2.45, 2.75) is 24.8 Å². The lowest BCUT2D eigenvalue weighted by atomic mass is 10.0. The number of nitrogens with one attached hydrogen (secondary N) is 1. The molecule has 3 rings (SSSR count). The predicted octanol–water partition coefficient (Wildman–Crippen LogP) is 5.61. The molecule has 0 radical (unpaired) electrons. The maximum absolute atomic E-state index is 13.4. The van der Waals surface area contributed by atoms with E-state index in [2.05, 4.69) is 5.32 Å². The van der Waals surface area contributed by atoms with Gasteiger partial charge in [0.05, 0.1) is 5.75 Å². The summed E-state index contributed by atoms with van der Waals surface area (Å²) in [4.78, 5) is 28.0. The normalized spacial score (nSPS) is 11.6. The number of benzene rings is 3. The molecule has 0 aromatic heterocycles. The van der Waals surface area contributed by atoms with Crippen molar-refractivity contribution in [3.63, 3.8) is 0 Å². The van der Waals surface area contributed by atoms with Gasteiger partial charge in [-0.2, -0.15) is 0 Å². The highest BCUT2D eigenvalue weighted by Crippen LogP contribution is 2.22. The molecule has 0 heterocycles. The van der Waals surface area contributed by atoms with Crippen LogP contribution in [0.5, 0.6) is 0 Å². The van der Waals surface area contributed by atoms with Crippen molar-refractivity contribution in [1.29, 1.82) is 0 Å². The summed E-state index contributed by atoms with van der Waals surface area (Å²) in [6.07, 6.45) is 0.426. The molecule has 7 heteroatoms. The highest BCUT2D eigenvalue weighted by Gasteiger charge is 2.29. The molecule has 0 bridgehead atoms. The summed E-state index contributed by atoms with van der Waals surface area (Å²) in [6.45, 7) is 0.313. The Bertz CT molecular complexity index is 1060. The standard InChI is InChI=1S/C26H26Cl2N2O2S/c1-29-26(32)24(15-19-7-3-2-4-8-19)30(16-20-11-13-22(27)14-12-20)25(31)18-33-17-21-9-5-6-10-23(21)28/h2-14,24H,15-18H2,1H3,(H,29,32)/t24-/m1/s1. The van der Waals surface area contributed by atoms with Gasteiger partial charge in [0.2, 0.25) is 11.8 Å². The zero-order valence-corrected chi connectivity index (χ0v) is 20.7. The second-order valence-corrected chi connectivity index (χ2v) is 9.38. The van der Waals surface area contributed by atoms with Gasteiger partial charge in [0, 0.05) is 35.8 Å². The first kappa shape index (κ1) is 25.2. The molecule has 1 atom stereocenters. The molecule has 1 N–H and O–H groups in total. The molecule has 0 saturated carbocycles. The van der Waals surface area contributed by atoms with Crippen LogP contribution in [0.2, 0.25) is 10.0 Å². The third-order valence-corrected chi connectivity index (χ3v) is 6.81. The maximum atomic E-state index is 13.4. The minimum atomic E-state index is -0.638. The number of halogens is 2. The van der Waals surface area contributed by atoms with Gasteiger partial charge in [0.25, 0.3) is 0 Å². The number of hydrogen-bond donors (Lipinski definition) is 1. The molecular formula is C26H26Cl2N2O2S. The molecule has 172 valence electrons. The third kappa shape index (κ3) is 7.53.